The molecule has 3 aromatic carbocycles. The molecule has 9 nitrogen and oxygen atoms in total. The van der Waals surface area contributed by atoms with E-state index in [0.29, 0.717) is 33.7 Å². The minimum absolute atomic E-state index is 0.205. The molecule has 1 aliphatic heterocycles. The fraction of sp³-hybridized carbons (Fsp3) is 0.242. The van der Waals surface area contributed by atoms with Crippen LogP contribution in [0, 0.1) is 6.92 Å². The first kappa shape index (κ1) is 31.2. The lowest BCUT2D eigenvalue weighted by Crippen LogP contribution is -2.38. The van der Waals surface area contributed by atoms with Crippen LogP contribution in [-0.4, -0.2) is 42.5 Å². The van der Waals surface area contributed by atoms with E-state index in [1.165, 1.54) is 12.1 Å². The van der Waals surface area contributed by atoms with Crippen LogP contribution < -0.4 is 20.1 Å². The molecule has 0 amide bonds. The lowest BCUT2D eigenvalue weighted by molar-refractivity contribution is -0.138. The van der Waals surface area contributed by atoms with Gasteiger partial charge in [0.15, 0.2) is 0 Å². The van der Waals surface area contributed by atoms with Crippen molar-refractivity contribution in [3.05, 3.63) is 102 Å². The number of nitrogens with zero attached hydrogens (tertiary/aromatic N) is 3. The Bertz CT molecular complexity index is 1980. The third-order valence-electron chi connectivity index (χ3n) is 7.67. The summed E-state index contributed by atoms with van der Waals surface area (Å²) in [5.74, 6) is 0.383. The maximum atomic E-state index is 13.5. The van der Waals surface area contributed by atoms with E-state index >= 15 is 0 Å². The van der Waals surface area contributed by atoms with Crippen LogP contribution in [0.4, 0.5) is 24.8 Å². The SMILES string of the molecule is Cc1ccc2c(NS(=O)(=O)Cc3ccccc3C(F)(F)F)cccc2c1Oc1ncccc1-c1ccnc(NC2CCCNC2)n1. The van der Waals surface area contributed by atoms with E-state index in [-0.39, 0.29) is 23.2 Å². The number of sulfonamides is 1. The fourth-order valence-electron chi connectivity index (χ4n) is 5.49. The molecule has 1 fully saturated rings. The molecule has 1 unspecified atom stereocenters. The Labute approximate surface area is 264 Å². The number of rotatable bonds is 9. The first-order valence-electron chi connectivity index (χ1n) is 14.7. The molecule has 0 saturated carbocycles. The first-order chi connectivity index (χ1) is 22.1. The molecule has 1 atom stereocenters. The fourth-order valence-corrected chi connectivity index (χ4v) is 6.74. The summed E-state index contributed by atoms with van der Waals surface area (Å²) in [5, 5.41) is 7.84. The first-order valence-corrected chi connectivity index (χ1v) is 16.3. The van der Waals surface area contributed by atoms with Gasteiger partial charge in [-0.15, -0.1) is 0 Å². The number of benzene rings is 3. The molecule has 0 aliphatic carbocycles. The number of anilines is 2. The zero-order valence-corrected chi connectivity index (χ0v) is 25.6. The van der Waals surface area contributed by atoms with E-state index in [4.69, 9.17) is 9.72 Å². The Morgan fingerprint density at radius 3 is 2.61 bits per heavy atom. The van der Waals surface area contributed by atoms with Gasteiger partial charge in [0.2, 0.25) is 21.9 Å². The number of piperidine rings is 1. The summed E-state index contributed by atoms with van der Waals surface area (Å²) in [7, 11) is -4.23. The van der Waals surface area contributed by atoms with Crippen molar-refractivity contribution >= 4 is 32.4 Å². The van der Waals surface area contributed by atoms with E-state index in [1.54, 1.807) is 54.9 Å². The summed E-state index contributed by atoms with van der Waals surface area (Å²) < 4.78 is 75.8. The van der Waals surface area contributed by atoms with Gasteiger partial charge in [0, 0.05) is 35.8 Å². The normalized spacial score (nSPS) is 15.4. The topological polar surface area (TPSA) is 118 Å². The van der Waals surface area contributed by atoms with Crippen LogP contribution in [0.25, 0.3) is 22.0 Å². The van der Waals surface area contributed by atoms with Crippen molar-refractivity contribution in [1.82, 2.24) is 20.3 Å². The average molecular weight is 649 g/mol. The molecule has 5 aromatic rings. The van der Waals surface area contributed by atoms with Gasteiger partial charge >= 0.3 is 6.18 Å². The van der Waals surface area contributed by atoms with Crippen LogP contribution in [0.3, 0.4) is 0 Å². The Balaban J connectivity index is 1.30. The quantitative estimate of drug-likeness (QED) is 0.158. The van der Waals surface area contributed by atoms with Gasteiger partial charge in [-0.2, -0.15) is 13.2 Å². The molecule has 46 heavy (non-hydrogen) atoms. The van der Waals surface area contributed by atoms with Crippen molar-refractivity contribution in [2.45, 2.75) is 37.7 Å². The van der Waals surface area contributed by atoms with Crippen LogP contribution in [-0.2, 0) is 22.0 Å². The van der Waals surface area contributed by atoms with Gasteiger partial charge in [0.25, 0.3) is 0 Å². The minimum atomic E-state index is -4.68. The molecule has 0 radical (unpaired) electrons. The highest BCUT2D eigenvalue weighted by atomic mass is 32.2. The smallest absolute Gasteiger partial charge is 0.416 e. The van der Waals surface area contributed by atoms with E-state index in [1.807, 2.05) is 13.0 Å². The number of pyridine rings is 1. The predicted molar refractivity (Wildman–Crippen MR) is 171 cm³/mol. The largest absolute Gasteiger partial charge is 0.437 e. The standard InChI is InChI=1S/C33H31F3N6O3S/c1-21-13-14-24-25(9-4-12-29(24)42-46(43,44)20-22-7-2-3-11-27(22)33(34,35)36)30(21)45-31-26(10-6-17-38-31)28-15-18-39-32(41-28)40-23-8-5-16-37-19-23/h2-4,6-7,9-15,17-18,23,37,42H,5,8,16,19-20H2,1H3,(H,39,40,41). The zero-order valence-electron chi connectivity index (χ0n) is 24.8. The highest BCUT2D eigenvalue weighted by molar-refractivity contribution is 7.91. The Hall–Kier alpha value is -4.75. The Morgan fingerprint density at radius 2 is 1.80 bits per heavy atom. The molecule has 0 bridgehead atoms. The molecular weight excluding hydrogens is 617 g/mol. The molecule has 238 valence electrons. The zero-order chi connectivity index (χ0) is 32.3. The number of hydrogen-bond donors (Lipinski definition) is 3. The number of halogens is 3. The van der Waals surface area contributed by atoms with Gasteiger partial charge in [0.05, 0.1) is 28.3 Å². The summed E-state index contributed by atoms with van der Waals surface area (Å²) in [6, 6.07) is 18.8. The number of fused-ring (bicyclic) bond motifs is 1. The number of hydrogen-bond acceptors (Lipinski definition) is 8. The third-order valence-corrected chi connectivity index (χ3v) is 8.90. The van der Waals surface area contributed by atoms with Crippen LogP contribution in [0.2, 0.25) is 0 Å². The van der Waals surface area contributed by atoms with E-state index in [2.05, 4.69) is 25.3 Å². The molecule has 3 heterocycles. The van der Waals surface area contributed by atoms with Crippen molar-refractivity contribution in [3.8, 4) is 22.9 Å². The van der Waals surface area contributed by atoms with Gasteiger partial charge in [-0.25, -0.2) is 23.4 Å². The lowest BCUT2D eigenvalue weighted by Gasteiger charge is -2.23. The molecule has 3 N–H and O–H groups in total. The molecule has 2 aromatic heterocycles. The summed E-state index contributed by atoms with van der Waals surface area (Å²) in [5.41, 5.74) is 0.869. The van der Waals surface area contributed by atoms with E-state index < -0.39 is 27.5 Å². The van der Waals surface area contributed by atoms with Crippen LogP contribution in [0.5, 0.6) is 11.6 Å². The minimum Gasteiger partial charge on any atom is -0.437 e. The number of nitrogens with one attached hydrogen (secondary N) is 3. The van der Waals surface area contributed by atoms with Crippen LogP contribution in [0.1, 0.15) is 29.5 Å². The Kier molecular flexibility index (Phi) is 8.78. The highest BCUT2D eigenvalue weighted by Gasteiger charge is 2.34. The molecule has 13 heteroatoms. The molecule has 6 rings (SSSR count). The summed E-state index contributed by atoms with van der Waals surface area (Å²) in [4.78, 5) is 13.6. The van der Waals surface area contributed by atoms with Gasteiger partial charge in [0.1, 0.15) is 5.75 Å². The second-order valence-corrected chi connectivity index (χ2v) is 12.8. The van der Waals surface area contributed by atoms with Crippen molar-refractivity contribution in [1.29, 1.82) is 0 Å². The monoisotopic (exact) mass is 648 g/mol. The molecule has 1 aliphatic rings. The molecular formula is C33H31F3N6O3S. The van der Waals surface area contributed by atoms with Crippen molar-refractivity contribution in [2.24, 2.45) is 0 Å². The summed E-state index contributed by atoms with van der Waals surface area (Å²) in [6.07, 6.45) is 0.674. The third kappa shape index (κ3) is 7.05. The van der Waals surface area contributed by atoms with Gasteiger partial charge < -0.3 is 15.4 Å². The summed E-state index contributed by atoms with van der Waals surface area (Å²) in [6.45, 7) is 3.67. The predicted octanol–water partition coefficient (Wildman–Crippen LogP) is 6.92. The second-order valence-electron chi connectivity index (χ2n) is 11.0. The van der Waals surface area contributed by atoms with Crippen molar-refractivity contribution in [3.63, 3.8) is 0 Å². The Morgan fingerprint density at radius 1 is 0.957 bits per heavy atom. The number of alkyl halides is 3. The molecule has 1 saturated heterocycles. The number of ether oxygens (including phenoxy) is 1. The number of aromatic nitrogens is 3. The van der Waals surface area contributed by atoms with Gasteiger partial charge in [-0.1, -0.05) is 42.5 Å². The molecule has 0 spiro atoms. The maximum Gasteiger partial charge on any atom is 0.416 e. The lowest BCUT2D eigenvalue weighted by atomic mass is 10.0. The summed E-state index contributed by atoms with van der Waals surface area (Å²) >= 11 is 0. The van der Waals surface area contributed by atoms with Crippen molar-refractivity contribution < 1.29 is 26.3 Å². The average Bonchev–Trinajstić information content (AvgIpc) is 3.03. The van der Waals surface area contributed by atoms with Gasteiger partial charge in [-0.3, -0.25) is 4.72 Å². The van der Waals surface area contributed by atoms with Crippen LogP contribution in [0.15, 0.2) is 85.2 Å². The highest BCUT2D eigenvalue weighted by Crippen LogP contribution is 2.39. The maximum absolute atomic E-state index is 13.5. The van der Waals surface area contributed by atoms with Crippen LogP contribution >= 0.6 is 0 Å². The van der Waals surface area contributed by atoms with Crippen molar-refractivity contribution in [2.75, 3.05) is 23.1 Å². The number of aryl methyl sites for hydroxylation is 1. The van der Waals surface area contributed by atoms with Gasteiger partial charge in [-0.05, 0) is 67.8 Å². The van der Waals surface area contributed by atoms with E-state index in [0.717, 1.165) is 43.6 Å². The second kappa shape index (κ2) is 12.9. The van der Waals surface area contributed by atoms with E-state index in [9.17, 15) is 21.6 Å².